The molecule has 11 heavy (non-hydrogen) atoms. The molecule has 0 atom stereocenters. The molecule has 0 aromatic carbocycles. The van der Waals surface area contributed by atoms with Gasteiger partial charge in [-0.3, -0.25) is 0 Å². The van der Waals surface area contributed by atoms with Gasteiger partial charge in [-0.1, -0.05) is 22.4 Å². The minimum Gasteiger partial charge on any atom is -0.383 e. The number of rotatable bonds is 8. The van der Waals surface area contributed by atoms with Crippen molar-refractivity contribution in [2.24, 2.45) is 0 Å². The molecular formula is C8H18BrNO. The van der Waals surface area contributed by atoms with E-state index in [9.17, 15) is 0 Å². The molecule has 0 amide bonds. The Kier molecular flexibility index (Phi) is 10.8. The molecule has 0 rings (SSSR count). The molecule has 68 valence electrons. The maximum Gasteiger partial charge on any atom is 0.0587 e. The van der Waals surface area contributed by atoms with E-state index >= 15 is 0 Å². The number of halogens is 1. The first-order valence-corrected chi connectivity index (χ1v) is 5.29. The number of hydrogen-bond donors (Lipinski definition) is 1. The van der Waals surface area contributed by atoms with Gasteiger partial charge in [-0.05, 0) is 19.4 Å². The summed E-state index contributed by atoms with van der Waals surface area (Å²) in [6, 6.07) is 0. The van der Waals surface area contributed by atoms with E-state index in [4.69, 9.17) is 4.74 Å². The predicted octanol–water partition coefficient (Wildman–Crippen LogP) is 1.79. The second-order valence-electron chi connectivity index (χ2n) is 2.49. The van der Waals surface area contributed by atoms with E-state index in [0.29, 0.717) is 0 Å². The average molecular weight is 224 g/mol. The fourth-order valence-corrected chi connectivity index (χ4v) is 1.22. The van der Waals surface area contributed by atoms with Gasteiger partial charge in [0.1, 0.15) is 0 Å². The Morgan fingerprint density at radius 1 is 1.18 bits per heavy atom. The van der Waals surface area contributed by atoms with Crippen LogP contribution in [0, 0.1) is 0 Å². The second kappa shape index (κ2) is 10.4. The third kappa shape index (κ3) is 10.4. The van der Waals surface area contributed by atoms with Crippen molar-refractivity contribution in [1.82, 2.24) is 5.32 Å². The summed E-state index contributed by atoms with van der Waals surface area (Å²) < 4.78 is 4.90. The third-order valence-corrected chi connectivity index (χ3v) is 2.03. The fourth-order valence-electron chi connectivity index (χ4n) is 0.820. The highest BCUT2D eigenvalue weighted by Gasteiger charge is 1.87. The topological polar surface area (TPSA) is 21.3 Å². The molecule has 0 saturated carbocycles. The Morgan fingerprint density at radius 3 is 2.64 bits per heavy atom. The lowest BCUT2D eigenvalue weighted by Gasteiger charge is -2.02. The van der Waals surface area contributed by atoms with Crippen LogP contribution in [0.3, 0.4) is 0 Å². The second-order valence-corrected chi connectivity index (χ2v) is 3.29. The van der Waals surface area contributed by atoms with Gasteiger partial charge >= 0.3 is 0 Å². The number of alkyl halides is 1. The Morgan fingerprint density at radius 2 is 2.00 bits per heavy atom. The molecule has 0 aliphatic heterocycles. The van der Waals surface area contributed by atoms with E-state index in [1.165, 1.54) is 19.3 Å². The molecule has 0 saturated heterocycles. The van der Waals surface area contributed by atoms with Crippen LogP contribution in [0.2, 0.25) is 0 Å². The summed E-state index contributed by atoms with van der Waals surface area (Å²) in [6.45, 7) is 2.92. The molecule has 0 unspecified atom stereocenters. The van der Waals surface area contributed by atoms with E-state index in [1.54, 1.807) is 7.11 Å². The van der Waals surface area contributed by atoms with E-state index < -0.39 is 0 Å². The highest BCUT2D eigenvalue weighted by molar-refractivity contribution is 9.09. The van der Waals surface area contributed by atoms with E-state index in [0.717, 1.165) is 25.0 Å². The van der Waals surface area contributed by atoms with Gasteiger partial charge in [0.05, 0.1) is 6.61 Å². The Hall–Kier alpha value is 0.400. The first kappa shape index (κ1) is 11.4. The first-order valence-electron chi connectivity index (χ1n) is 4.17. The van der Waals surface area contributed by atoms with Crippen LogP contribution >= 0.6 is 15.9 Å². The van der Waals surface area contributed by atoms with Crippen molar-refractivity contribution in [3.05, 3.63) is 0 Å². The molecule has 1 N–H and O–H groups in total. The van der Waals surface area contributed by atoms with Crippen LogP contribution in [-0.4, -0.2) is 32.1 Å². The minimum atomic E-state index is 0.818. The van der Waals surface area contributed by atoms with Crippen molar-refractivity contribution < 1.29 is 4.74 Å². The number of nitrogens with one attached hydrogen (secondary N) is 1. The highest BCUT2D eigenvalue weighted by Crippen LogP contribution is 1.96. The largest absolute Gasteiger partial charge is 0.383 e. The molecule has 0 heterocycles. The number of methoxy groups -OCH3 is 1. The van der Waals surface area contributed by atoms with Gasteiger partial charge in [0.25, 0.3) is 0 Å². The molecule has 0 fully saturated rings. The monoisotopic (exact) mass is 223 g/mol. The third-order valence-electron chi connectivity index (χ3n) is 1.47. The SMILES string of the molecule is COCCNCCCCCBr. The molecule has 2 nitrogen and oxygen atoms in total. The molecule has 0 spiro atoms. The van der Waals surface area contributed by atoms with E-state index in [2.05, 4.69) is 21.2 Å². The Labute approximate surface area is 77.8 Å². The van der Waals surface area contributed by atoms with Crippen LogP contribution in [0.15, 0.2) is 0 Å². The highest BCUT2D eigenvalue weighted by atomic mass is 79.9. The summed E-state index contributed by atoms with van der Waals surface area (Å²) in [6.07, 6.45) is 3.87. The van der Waals surface area contributed by atoms with Crippen molar-refractivity contribution in [3.8, 4) is 0 Å². The van der Waals surface area contributed by atoms with Gasteiger partial charge < -0.3 is 10.1 Å². The lowest BCUT2D eigenvalue weighted by molar-refractivity contribution is 0.199. The Bertz CT molecular complexity index is 63.1. The molecular weight excluding hydrogens is 206 g/mol. The van der Waals surface area contributed by atoms with Crippen LogP contribution in [-0.2, 0) is 4.74 Å². The summed E-state index contributed by atoms with van der Waals surface area (Å²) in [7, 11) is 1.73. The number of hydrogen-bond acceptors (Lipinski definition) is 2. The van der Waals surface area contributed by atoms with Gasteiger partial charge in [0, 0.05) is 19.0 Å². The summed E-state index contributed by atoms with van der Waals surface area (Å²) >= 11 is 3.40. The molecule has 0 aromatic rings. The normalized spacial score (nSPS) is 10.4. The van der Waals surface area contributed by atoms with Crippen LogP contribution in [0.5, 0.6) is 0 Å². The van der Waals surface area contributed by atoms with Crippen molar-refractivity contribution in [2.45, 2.75) is 19.3 Å². The number of ether oxygens (including phenoxy) is 1. The van der Waals surface area contributed by atoms with Crippen LogP contribution in [0.1, 0.15) is 19.3 Å². The average Bonchev–Trinajstić information content (AvgIpc) is 2.03. The smallest absolute Gasteiger partial charge is 0.0587 e. The van der Waals surface area contributed by atoms with Crippen molar-refractivity contribution in [2.75, 3.05) is 32.1 Å². The lowest BCUT2D eigenvalue weighted by Crippen LogP contribution is -2.20. The fraction of sp³-hybridized carbons (Fsp3) is 1.00. The molecule has 0 bridgehead atoms. The summed E-state index contributed by atoms with van der Waals surface area (Å²) in [5, 5.41) is 4.43. The first-order chi connectivity index (χ1) is 5.41. The lowest BCUT2D eigenvalue weighted by atomic mass is 10.2. The predicted molar refractivity (Wildman–Crippen MR) is 52.4 cm³/mol. The summed E-state index contributed by atoms with van der Waals surface area (Å²) in [5.74, 6) is 0. The molecule has 0 aromatic heterocycles. The maximum absolute atomic E-state index is 4.90. The maximum atomic E-state index is 4.90. The standard InChI is InChI=1S/C8H18BrNO/c1-11-8-7-10-6-4-2-3-5-9/h10H,2-8H2,1H3. The molecule has 3 heteroatoms. The van der Waals surface area contributed by atoms with E-state index in [1.807, 2.05) is 0 Å². The van der Waals surface area contributed by atoms with Crippen LogP contribution < -0.4 is 5.32 Å². The zero-order chi connectivity index (χ0) is 8.36. The molecule has 0 aliphatic rings. The van der Waals surface area contributed by atoms with Crippen molar-refractivity contribution in [1.29, 1.82) is 0 Å². The van der Waals surface area contributed by atoms with Crippen molar-refractivity contribution in [3.63, 3.8) is 0 Å². The zero-order valence-electron chi connectivity index (χ0n) is 7.24. The quantitative estimate of drug-likeness (QED) is 0.501. The van der Waals surface area contributed by atoms with Crippen LogP contribution in [0.4, 0.5) is 0 Å². The summed E-state index contributed by atoms with van der Waals surface area (Å²) in [4.78, 5) is 0. The number of unbranched alkanes of at least 4 members (excludes halogenated alkanes) is 2. The van der Waals surface area contributed by atoms with Gasteiger partial charge in [0.2, 0.25) is 0 Å². The van der Waals surface area contributed by atoms with Gasteiger partial charge in [-0.25, -0.2) is 0 Å². The van der Waals surface area contributed by atoms with Gasteiger partial charge in [-0.2, -0.15) is 0 Å². The van der Waals surface area contributed by atoms with Gasteiger partial charge in [-0.15, -0.1) is 0 Å². The van der Waals surface area contributed by atoms with Gasteiger partial charge in [0.15, 0.2) is 0 Å². The molecule has 0 aliphatic carbocycles. The molecule has 0 radical (unpaired) electrons. The minimum absolute atomic E-state index is 0.818. The summed E-state index contributed by atoms with van der Waals surface area (Å²) in [5.41, 5.74) is 0. The zero-order valence-corrected chi connectivity index (χ0v) is 8.82. The van der Waals surface area contributed by atoms with Crippen LogP contribution in [0.25, 0.3) is 0 Å². The Balaban J connectivity index is 2.69. The van der Waals surface area contributed by atoms with Crippen molar-refractivity contribution >= 4 is 15.9 Å². The van der Waals surface area contributed by atoms with E-state index in [-0.39, 0.29) is 0 Å².